The molecule has 0 aromatic heterocycles. The Bertz CT molecular complexity index is 655. The second-order valence-electron chi connectivity index (χ2n) is 5.91. The van der Waals surface area contributed by atoms with Gasteiger partial charge in [0.2, 0.25) is 0 Å². The van der Waals surface area contributed by atoms with Crippen LogP contribution in [-0.2, 0) is 16.1 Å². The summed E-state index contributed by atoms with van der Waals surface area (Å²) in [4.78, 5) is 11.9. The van der Waals surface area contributed by atoms with Gasteiger partial charge < -0.3 is 4.74 Å². The second kappa shape index (κ2) is 3.83. The molecular formula is C17H16O2. The van der Waals surface area contributed by atoms with E-state index in [2.05, 4.69) is 24.3 Å². The van der Waals surface area contributed by atoms with E-state index < -0.39 is 0 Å². The van der Waals surface area contributed by atoms with Crippen LogP contribution in [0.1, 0.15) is 24.8 Å². The Morgan fingerprint density at radius 2 is 1.95 bits per heavy atom. The fourth-order valence-electron chi connectivity index (χ4n) is 2.98. The first-order valence-electron chi connectivity index (χ1n) is 6.91. The lowest BCUT2D eigenvalue weighted by Gasteiger charge is -2.06. The predicted octanol–water partition coefficient (Wildman–Crippen LogP) is 3.68. The summed E-state index contributed by atoms with van der Waals surface area (Å²) in [7, 11) is 0. The van der Waals surface area contributed by atoms with Crippen molar-refractivity contribution in [1.82, 2.24) is 0 Å². The van der Waals surface area contributed by atoms with Gasteiger partial charge in [0.25, 0.3) is 0 Å². The summed E-state index contributed by atoms with van der Waals surface area (Å²) in [6, 6.07) is 14.5. The molecule has 0 N–H and O–H groups in total. The van der Waals surface area contributed by atoms with Crippen LogP contribution < -0.4 is 0 Å². The van der Waals surface area contributed by atoms with Crippen LogP contribution >= 0.6 is 0 Å². The van der Waals surface area contributed by atoms with Crippen LogP contribution in [0.25, 0.3) is 10.8 Å². The highest BCUT2D eigenvalue weighted by Crippen LogP contribution is 2.70. The van der Waals surface area contributed by atoms with Crippen molar-refractivity contribution in [2.24, 2.45) is 11.3 Å². The van der Waals surface area contributed by atoms with E-state index in [0.717, 1.165) is 12.0 Å². The van der Waals surface area contributed by atoms with Crippen LogP contribution in [0.5, 0.6) is 0 Å². The molecule has 2 saturated carbocycles. The van der Waals surface area contributed by atoms with E-state index in [1.165, 1.54) is 23.6 Å². The molecule has 19 heavy (non-hydrogen) atoms. The Hall–Kier alpha value is -1.83. The fraction of sp³-hybridized carbons (Fsp3) is 0.353. The lowest BCUT2D eigenvalue weighted by Crippen LogP contribution is -2.08. The average molecular weight is 252 g/mol. The maximum atomic E-state index is 11.9. The predicted molar refractivity (Wildman–Crippen MR) is 73.5 cm³/mol. The van der Waals surface area contributed by atoms with Gasteiger partial charge in [-0.15, -0.1) is 0 Å². The van der Waals surface area contributed by atoms with Crippen molar-refractivity contribution < 1.29 is 9.53 Å². The van der Waals surface area contributed by atoms with E-state index >= 15 is 0 Å². The van der Waals surface area contributed by atoms with Gasteiger partial charge in [-0.3, -0.25) is 4.79 Å². The van der Waals surface area contributed by atoms with Gasteiger partial charge in [0, 0.05) is 0 Å². The zero-order chi connectivity index (χ0) is 12.9. The first kappa shape index (κ1) is 11.0. The largest absolute Gasteiger partial charge is 0.461 e. The summed E-state index contributed by atoms with van der Waals surface area (Å²) in [6.07, 6.45) is 3.51. The van der Waals surface area contributed by atoms with Crippen LogP contribution in [0.2, 0.25) is 0 Å². The van der Waals surface area contributed by atoms with E-state index in [4.69, 9.17) is 4.74 Å². The number of fused-ring (bicyclic) bond motifs is 1. The van der Waals surface area contributed by atoms with Crippen molar-refractivity contribution in [3.05, 3.63) is 48.0 Å². The minimum atomic E-state index is 0.00524. The molecule has 0 saturated heterocycles. The van der Waals surface area contributed by atoms with Crippen LogP contribution in [0.4, 0.5) is 0 Å². The van der Waals surface area contributed by atoms with Crippen molar-refractivity contribution in [1.29, 1.82) is 0 Å². The molecule has 2 heteroatoms. The van der Waals surface area contributed by atoms with Gasteiger partial charge >= 0.3 is 5.97 Å². The number of ether oxygens (including phenoxy) is 1. The molecule has 2 aromatic carbocycles. The number of carbonyl (C=O) groups excluding carboxylic acids is 1. The van der Waals surface area contributed by atoms with Crippen molar-refractivity contribution >= 4 is 16.7 Å². The molecule has 2 aromatic rings. The minimum absolute atomic E-state index is 0.00524. The molecular weight excluding hydrogens is 236 g/mol. The van der Waals surface area contributed by atoms with Gasteiger partial charge in [0.1, 0.15) is 6.61 Å². The normalized spacial score (nSPS) is 22.4. The van der Waals surface area contributed by atoms with E-state index in [1.54, 1.807) is 0 Å². The van der Waals surface area contributed by atoms with Crippen molar-refractivity contribution in [2.45, 2.75) is 25.9 Å². The molecule has 0 aliphatic heterocycles. The molecule has 0 bridgehead atoms. The maximum Gasteiger partial charge on any atom is 0.309 e. The molecule has 96 valence electrons. The van der Waals surface area contributed by atoms with Crippen molar-refractivity contribution in [2.75, 3.05) is 0 Å². The molecule has 0 amide bonds. The topological polar surface area (TPSA) is 26.3 Å². The van der Waals surface area contributed by atoms with E-state index in [-0.39, 0.29) is 11.9 Å². The Labute approximate surface area is 112 Å². The third-order valence-electron chi connectivity index (χ3n) is 4.56. The van der Waals surface area contributed by atoms with Crippen LogP contribution in [0, 0.1) is 11.3 Å². The molecule has 4 rings (SSSR count). The summed E-state index contributed by atoms with van der Waals surface area (Å²) in [5.41, 5.74) is 1.46. The lowest BCUT2D eigenvalue weighted by molar-refractivity contribution is -0.147. The minimum Gasteiger partial charge on any atom is -0.461 e. The number of hydrogen-bond acceptors (Lipinski definition) is 2. The summed E-state index contributed by atoms with van der Waals surface area (Å²) in [6.45, 7) is 0.399. The standard InChI is InChI=1S/C17H16O2/c18-16(15-10-17(15)7-8-17)19-11-12-5-6-13-3-1-2-4-14(13)9-12/h1-6,9,15H,7-8,10-11H2/t15-/m0/s1. The molecule has 0 heterocycles. The quantitative estimate of drug-likeness (QED) is 0.779. The van der Waals surface area contributed by atoms with Crippen LogP contribution in [0.3, 0.4) is 0 Å². The highest BCUT2D eigenvalue weighted by molar-refractivity contribution is 5.83. The SMILES string of the molecule is O=C(OCc1ccc2ccccc2c1)[C@@H]1CC12CC2. The number of hydrogen-bond donors (Lipinski definition) is 0. The number of carbonyl (C=O) groups is 1. The number of benzene rings is 2. The average Bonchev–Trinajstić information content (AvgIpc) is 3.36. The Morgan fingerprint density at radius 3 is 2.68 bits per heavy atom. The molecule has 1 spiro atoms. The molecule has 0 radical (unpaired) electrons. The van der Waals surface area contributed by atoms with Gasteiger partial charge in [0.15, 0.2) is 0 Å². The Morgan fingerprint density at radius 1 is 1.16 bits per heavy atom. The fourth-order valence-corrected chi connectivity index (χ4v) is 2.98. The molecule has 1 atom stereocenters. The number of rotatable bonds is 3. The van der Waals surface area contributed by atoms with E-state index in [0.29, 0.717) is 12.0 Å². The number of esters is 1. The van der Waals surface area contributed by atoms with Gasteiger partial charge in [-0.2, -0.15) is 0 Å². The summed E-state index contributed by atoms with van der Waals surface area (Å²) in [5.74, 6) is 0.207. The monoisotopic (exact) mass is 252 g/mol. The second-order valence-corrected chi connectivity index (χ2v) is 5.91. The summed E-state index contributed by atoms with van der Waals surface area (Å²) in [5, 5.41) is 2.41. The molecule has 2 nitrogen and oxygen atoms in total. The summed E-state index contributed by atoms with van der Waals surface area (Å²) >= 11 is 0. The molecule has 2 fully saturated rings. The molecule has 2 aliphatic carbocycles. The van der Waals surface area contributed by atoms with Crippen LogP contribution in [-0.4, -0.2) is 5.97 Å². The first-order chi connectivity index (χ1) is 9.27. The third-order valence-corrected chi connectivity index (χ3v) is 4.56. The maximum absolute atomic E-state index is 11.9. The summed E-state index contributed by atoms with van der Waals surface area (Å²) < 4.78 is 5.44. The lowest BCUT2D eigenvalue weighted by atomic mass is 10.1. The van der Waals surface area contributed by atoms with Gasteiger partial charge in [-0.05, 0) is 47.1 Å². The first-order valence-corrected chi connectivity index (χ1v) is 6.91. The molecule has 2 aliphatic rings. The van der Waals surface area contributed by atoms with Crippen molar-refractivity contribution in [3.63, 3.8) is 0 Å². The van der Waals surface area contributed by atoms with Gasteiger partial charge in [0.05, 0.1) is 5.92 Å². The third kappa shape index (κ3) is 1.92. The zero-order valence-electron chi connectivity index (χ0n) is 10.8. The Kier molecular flexibility index (Phi) is 2.22. The smallest absolute Gasteiger partial charge is 0.309 e. The molecule has 0 unspecified atom stereocenters. The van der Waals surface area contributed by atoms with E-state index in [1.807, 2.05) is 18.2 Å². The van der Waals surface area contributed by atoms with E-state index in [9.17, 15) is 4.79 Å². The van der Waals surface area contributed by atoms with Crippen LogP contribution in [0.15, 0.2) is 42.5 Å². The highest BCUT2D eigenvalue weighted by Gasteiger charge is 2.66. The highest BCUT2D eigenvalue weighted by atomic mass is 16.5. The zero-order valence-corrected chi connectivity index (χ0v) is 10.8. The van der Waals surface area contributed by atoms with Gasteiger partial charge in [-0.1, -0.05) is 36.4 Å². The Balaban J connectivity index is 1.44. The van der Waals surface area contributed by atoms with Gasteiger partial charge in [-0.25, -0.2) is 0 Å². The van der Waals surface area contributed by atoms with Crippen molar-refractivity contribution in [3.8, 4) is 0 Å².